The lowest BCUT2D eigenvalue weighted by Crippen LogP contribution is -2.40. The molecule has 1 amide bonds. The summed E-state index contributed by atoms with van der Waals surface area (Å²) in [5, 5.41) is 4.10. The van der Waals surface area contributed by atoms with Crippen LogP contribution in [0.25, 0.3) is 16.6 Å². The third-order valence-corrected chi connectivity index (χ3v) is 6.79. The molecule has 8 nitrogen and oxygen atoms in total. The number of fused-ring (bicyclic) bond motifs is 1. The zero-order valence-corrected chi connectivity index (χ0v) is 22.7. The summed E-state index contributed by atoms with van der Waals surface area (Å²) in [7, 11) is 5.33. The zero-order chi connectivity index (χ0) is 27.6. The number of aromatic nitrogens is 3. The number of nitrogens with one attached hydrogen (secondary N) is 1. The number of benzene rings is 1. The Balaban J connectivity index is 1.70. The molecular weight excluding hydrogens is 490 g/mol. The molecule has 38 heavy (non-hydrogen) atoms. The summed E-state index contributed by atoms with van der Waals surface area (Å²) in [5.41, 5.74) is 3.68. The van der Waals surface area contributed by atoms with Crippen LogP contribution in [0.2, 0.25) is 0 Å². The number of pyridine rings is 1. The van der Waals surface area contributed by atoms with E-state index >= 15 is 0 Å². The minimum atomic E-state index is -2.54. The number of alkyl halides is 2. The van der Waals surface area contributed by atoms with Gasteiger partial charge in [0.25, 0.3) is 6.43 Å². The lowest BCUT2D eigenvalue weighted by molar-refractivity contribution is -0.131. The van der Waals surface area contributed by atoms with Crippen molar-refractivity contribution in [2.24, 2.45) is 0 Å². The number of likely N-dealkylation sites (N-methyl/N-ethyl adjacent to an activating group) is 1. The number of methoxy groups -OCH3 is 1. The van der Waals surface area contributed by atoms with Crippen molar-refractivity contribution in [2.75, 3.05) is 46.2 Å². The molecule has 0 aliphatic carbocycles. The third-order valence-electron chi connectivity index (χ3n) is 6.79. The summed E-state index contributed by atoms with van der Waals surface area (Å²) in [6.45, 7) is 6.89. The van der Waals surface area contributed by atoms with E-state index in [9.17, 15) is 13.6 Å². The molecule has 0 fully saturated rings. The van der Waals surface area contributed by atoms with Crippen molar-refractivity contribution >= 4 is 28.3 Å². The monoisotopic (exact) mass is 524 g/mol. The predicted octanol–water partition coefficient (Wildman–Crippen LogP) is 4.94. The van der Waals surface area contributed by atoms with E-state index in [0.29, 0.717) is 60.2 Å². The highest BCUT2D eigenvalue weighted by molar-refractivity contribution is 5.91. The van der Waals surface area contributed by atoms with Crippen LogP contribution in [0.5, 0.6) is 5.88 Å². The molecule has 3 aromatic rings. The second kappa shape index (κ2) is 11.4. The Morgan fingerprint density at radius 1 is 1.18 bits per heavy atom. The molecule has 2 aromatic heterocycles. The van der Waals surface area contributed by atoms with Gasteiger partial charge in [0.05, 0.1) is 25.1 Å². The molecule has 1 aliphatic rings. The number of ether oxygens (including phenoxy) is 1. The van der Waals surface area contributed by atoms with Crippen molar-refractivity contribution in [1.82, 2.24) is 24.8 Å². The maximum atomic E-state index is 13.5. The van der Waals surface area contributed by atoms with Gasteiger partial charge in [-0.2, -0.15) is 4.98 Å². The highest BCUT2D eigenvalue weighted by Gasteiger charge is 2.23. The number of carbonyl (C=O) groups is 1. The van der Waals surface area contributed by atoms with E-state index in [1.165, 1.54) is 6.07 Å². The first-order chi connectivity index (χ1) is 18.1. The normalized spacial score (nSPS) is 14.7. The van der Waals surface area contributed by atoms with Crippen LogP contribution in [0.1, 0.15) is 53.9 Å². The van der Waals surface area contributed by atoms with Crippen molar-refractivity contribution in [3.05, 3.63) is 58.4 Å². The van der Waals surface area contributed by atoms with Gasteiger partial charge in [-0.15, -0.1) is 0 Å². The Labute approximate surface area is 221 Å². The summed E-state index contributed by atoms with van der Waals surface area (Å²) in [4.78, 5) is 30.0. The lowest BCUT2D eigenvalue weighted by atomic mass is 9.97. The van der Waals surface area contributed by atoms with E-state index in [2.05, 4.69) is 20.3 Å². The van der Waals surface area contributed by atoms with E-state index in [4.69, 9.17) is 4.74 Å². The number of halogens is 2. The largest absolute Gasteiger partial charge is 0.481 e. The predicted molar refractivity (Wildman–Crippen MR) is 145 cm³/mol. The van der Waals surface area contributed by atoms with Crippen molar-refractivity contribution < 1.29 is 18.3 Å². The smallest absolute Gasteiger partial charge is 0.264 e. The highest BCUT2D eigenvalue weighted by atomic mass is 19.3. The van der Waals surface area contributed by atoms with Gasteiger partial charge in [-0.25, -0.2) is 18.7 Å². The average Bonchev–Trinajstić information content (AvgIpc) is 2.87. The van der Waals surface area contributed by atoms with Gasteiger partial charge >= 0.3 is 0 Å². The van der Waals surface area contributed by atoms with Crippen LogP contribution >= 0.6 is 0 Å². The minimum Gasteiger partial charge on any atom is -0.481 e. The lowest BCUT2D eigenvalue weighted by Gasteiger charge is -2.28. The van der Waals surface area contributed by atoms with Gasteiger partial charge in [0.15, 0.2) is 5.65 Å². The number of nitrogens with zero attached hydrogens (tertiary/aromatic N) is 5. The standard InChI is InChI=1S/C28H34F2N6O2/c1-16-20(8-7-9-21(16)25(29)30)17(2)31-26-23-14-22(28(38-6)34-27(23)33-18(3)32-26)19-10-12-36(13-11-19)24(37)15-35(4)5/h7-10,14,17,25H,11-13,15H2,1-6H3,(H,31,32,33,34). The molecule has 0 saturated heterocycles. The second-order valence-electron chi connectivity index (χ2n) is 9.82. The highest BCUT2D eigenvalue weighted by Crippen LogP contribution is 2.35. The van der Waals surface area contributed by atoms with E-state index in [0.717, 1.165) is 16.7 Å². The van der Waals surface area contributed by atoms with Crippen molar-refractivity contribution in [1.29, 1.82) is 0 Å². The SMILES string of the molecule is COc1nc2nc(C)nc(NC(C)c3cccc(C(F)F)c3C)c2cc1C1=CCN(C(=O)CN(C)C)CC1. The molecule has 1 unspecified atom stereocenters. The van der Waals surface area contributed by atoms with E-state index in [-0.39, 0.29) is 17.5 Å². The van der Waals surface area contributed by atoms with Crippen molar-refractivity contribution in [2.45, 2.75) is 39.7 Å². The summed E-state index contributed by atoms with van der Waals surface area (Å²) in [6.07, 6.45) is 0.155. The fourth-order valence-corrected chi connectivity index (χ4v) is 4.81. The topological polar surface area (TPSA) is 83.5 Å². The first-order valence-electron chi connectivity index (χ1n) is 12.6. The van der Waals surface area contributed by atoms with Crippen molar-refractivity contribution in [3.8, 4) is 5.88 Å². The quantitative estimate of drug-likeness (QED) is 0.447. The number of amides is 1. The molecule has 0 radical (unpaired) electrons. The molecular formula is C28H34F2N6O2. The fraction of sp³-hybridized carbons (Fsp3) is 0.429. The fourth-order valence-electron chi connectivity index (χ4n) is 4.81. The van der Waals surface area contributed by atoms with Crippen LogP contribution in [-0.2, 0) is 4.79 Å². The third kappa shape index (κ3) is 5.75. The number of aryl methyl sites for hydroxylation is 1. The Kier molecular flexibility index (Phi) is 8.20. The minimum absolute atomic E-state index is 0.0240. The van der Waals surface area contributed by atoms with Gasteiger partial charge in [-0.3, -0.25) is 4.79 Å². The van der Waals surface area contributed by atoms with Gasteiger partial charge in [-0.05, 0) is 64.1 Å². The first kappa shape index (κ1) is 27.4. The molecule has 1 N–H and O–H groups in total. The summed E-state index contributed by atoms with van der Waals surface area (Å²) in [6, 6.07) is 6.62. The van der Waals surface area contributed by atoms with Gasteiger partial charge in [0, 0.05) is 24.2 Å². The first-order valence-corrected chi connectivity index (χ1v) is 12.6. The summed E-state index contributed by atoms with van der Waals surface area (Å²) >= 11 is 0. The molecule has 3 heterocycles. The number of rotatable bonds is 8. The van der Waals surface area contributed by atoms with Crippen LogP contribution in [-0.4, -0.2) is 71.5 Å². The van der Waals surface area contributed by atoms with Crippen molar-refractivity contribution in [3.63, 3.8) is 0 Å². The Hall–Kier alpha value is -3.66. The number of hydrogen-bond donors (Lipinski definition) is 1. The molecule has 0 saturated carbocycles. The van der Waals surface area contributed by atoms with E-state index < -0.39 is 6.43 Å². The number of anilines is 1. The van der Waals surface area contributed by atoms with Gasteiger partial charge in [-0.1, -0.05) is 24.3 Å². The number of hydrogen-bond acceptors (Lipinski definition) is 7. The Morgan fingerprint density at radius 2 is 1.92 bits per heavy atom. The average molecular weight is 525 g/mol. The van der Waals surface area contributed by atoms with E-state index in [1.807, 2.05) is 49.0 Å². The van der Waals surface area contributed by atoms with Gasteiger partial charge < -0.3 is 19.9 Å². The summed E-state index contributed by atoms with van der Waals surface area (Å²) in [5.74, 6) is 1.63. The molecule has 4 rings (SSSR count). The Bertz CT molecular complexity index is 1380. The van der Waals surface area contributed by atoms with Crippen LogP contribution in [0.4, 0.5) is 14.6 Å². The summed E-state index contributed by atoms with van der Waals surface area (Å²) < 4.78 is 32.6. The van der Waals surface area contributed by atoms with Gasteiger partial charge in [0.1, 0.15) is 11.6 Å². The Morgan fingerprint density at radius 3 is 2.55 bits per heavy atom. The molecule has 10 heteroatoms. The maximum Gasteiger partial charge on any atom is 0.264 e. The second-order valence-corrected chi connectivity index (χ2v) is 9.82. The molecule has 1 aromatic carbocycles. The molecule has 202 valence electrons. The van der Waals surface area contributed by atoms with Crippen LogP contribution in [0.3, 0.4) is 0 Å². The number of carbonyl (C=O) groups excluding carboxylic acids is 1. The molecule has 1 aliphatic heterocycles. The van der Waals surface area contributed by atoms with E-state index in [1.54, 1.807) is 27.0 Å². The van der Waals surface area contributed by atoms with Crippen LogP contribution in [0.15, 0.2) is 30.3 Å². The molecule has 1 atom stereocenters. The molecule has 0 bridgehead atoms. The zero-order valence-electron chi connectivity index (χ0n) is 22.7. The van der Waals surface area contributed by atoms with Crippen LogP contribution in [0, 0.1) is 13.8 Å². The van der Waals surface area contributed by atoms with Gasteiger partial charge in [0.2, 0.25) is 11.8 Å². The van der Waals surface area contributed by atoms with Crippen LogP contribution < -0.4 is 10.1 Å². The maximum absolute atomic E-state index is 13.5. The molecule has 0 spiro atoms.